The number of benzene rings is 1. The van der Waals surface area contributed by atoms with Gasteiger partial charge in [0, 0.05) is 6.54 Å². The van der Waals surface area contributed by atoms with Crippen LogP contribution in [0.2, 0.25) is 0 Å². The third kappa shape index (κ3) is 5.00. The number of hydrogen-bond donors (Lipinski definition) is 1. The molecule has 0 radical (unpaired) electrons. The van der Waals surface area contributed by atoms with Gasteiger partial charge in [0.2, 0.25) is 15.9 Å². The van der Waals surface area contributed by atoms with Crippen molar-refractivity contribution in [3.8, 4) is 0 Å². The lowest BCUT2D eigenvalue weighted by Crippen LogP contribution is -2.48. The van der Waals surface area contributed by atoms with Crippen LogP contribution in [0.1, 0.15) is 20.8 Å². The number of anilines is 1. The molecule has 7 heteroatoms. The molecule has 118 valence electrons. The number of nitrogens with one attached hydrogen (secondary N) is 1. The molecule has 21 heavy (non-hydrogen) atoms. The average molecular weight is 316 g/mol. The zero-order valence-electron chi connectivity index (χ0n) is 12.6. The van der Waals surface area contributed by atoms with Gasteiger partial charge in [0.1, 0.15) is 11.9 Å². The van der Waals surface area contributed by atoms with Crippen molar-refractivity contribution in [2.75, 3.05) is 17.1 Å². The van der Waals surface area contributed by atoms with Crippen LogP contribution in [0.5, 0.6) is 0 Å². The highest BCUT2D eigenvalue weighted by atomic mass is 32.2. The quantitative estimate of drug-likeness (QED) is 0.869. The molecule has 1 atom stereocenters. The van der Waals surface area contributed by atoms with Crippen molar-refractivity contribution in [3.05, 3.63) is 30.1 Å². The minimum Gasteiger partial charge on any atom is -0.354 e. The summed E-state index contributed by atoms with van der Waals surface area (Å²) in [6.45, 7) is 5.79. The lowest BCUT2D eigenvalue weighted by molar-refractivity contribution is -0.121. The van der Waals surface area contributed by atoms with Crippen LogP contribution in [0.25, 0.3) is 0 Å². The number of halogens is 1. The molecule has 0 heterocycles. The SMILES string of the molecule is CC(C)CNC(=O)C(C)N(c1cccc(F)c1)S(C)(=O)=O. The van der Waals surface area contributed by atoms with E-state index in [-0.39, 0.29) is 11.6 Å². The largest absolute Gasteiger partial charge is 0.354 e. The zero-order chi connectivity index (χ0) is 16.2. The fourth-order valence-corrected chi connectivity index (χ4v) is 3.04. The maximum absolute atomic E-state index is 13.3. The number of carbonyl (C=O) groups is 1. The van der Waals surface area contributed by atoms with Gasteiger partial charge in [0.15, 0.2) is 0 Å². The second kappa shape index (κ2) is 6.89. The standard InChI is InChI=1S/C14H21FN2O3S/c1-10(2)9-16-14(18)11(3)17(21(4,19)20)13-7-5-6-12(15)8-13/h5-8,10-11H,9H2,1-4H3,(H,16,18). The first-order valence-corrected chi connectivity index (χ1v) is 8.50. The van der Waals surface area contributed by atoms with Gasteiger partial charge in [-0.05, 0) is 31.0 Å². The predicted octanol–water partition coefficient (Wildman–Crippen LogP) is 1.75. The van der Waals surface area contributed by atoms with E-state index in [2.05, 4.69) is 5.32 Å². The van der Waals surface area contributed by atoms with Gasteiger partial charge >= 0.3 is 0 Å². The predicted molar refractivity (Wildman–Crippen MR) is 81.0 cm³/mol. The number of rotatable bonds is 6. The first-order valence-electron chi connectivity index (χ1n) is 6.65. The highest BCUT2D eigenvalue weighted by Gasteiger charge is 2.29. The first-order chi connectivity index (χ1) is 9.62. The second-order valence-electron chi connectivity index (χ2n) is 5.35. The van der Waals surface area contributed by atoms with Crippen LogP contribution in [0.3, 0.4) is 0 Å². The average Bonchev–Trinajstić information content (AvgIpc) is 2.34. The molecular weight excluding hydrogens is 295 g/mol. The normalized spacial score (nSPS) is 13.0. The fourth-order valence-electron chi connectivity index (χ4n) is 1.87. The summed E-state index contributed by atoms with van der Waals surface area (Å²) in [6.07, 6.45) is 0.990. The van der Waals surface area contributed by atoms with E-state index in [0.29, 0.717) is 6.54 Å². The molecule has 1 unspecified atom stereocenters. The number of amides is 1. The van der Waals surface area contributed by atoms with Gasteiger partial charge in [0.25, 0.3) is 0 Å². The van der Waals surface area contributed by atoms with Crippen LogP contribution in [-0.2, 0) is 14.8 Å². The fraction of sp³-hybridized carbons (Fsp3) is 0.500. The molecule has 0 aliphatic heterocycles. The van der Waals surface area contributed by atoms with E-state index in [0.717, 1.165) is 16.6 Å². The third-order valence-corrected chi connectivity index (χ3v) is 4.08. The number of hydrogen-bond acceptors (Lipinski definition) is 3. The smallest absolute Gasteiger partial charge is 0.243 e. The Kier molecular flexibility index (Phi) is 5.71. The van der Waals surface area contributed by atoms with Crippen molar-refractivity contribution in [3.63, 3.8) is 0 Å². The van der Waals surface area contributed by atoms with E-state index < -0.39 is 27.8 Å². The van der Waals surface area contributed by atoms with Gasteiger partial charge in [-0.1, -0.05) is 19.9 Å². The van der Waals surface area contributed by atoms with Crippen molar-refractivity contribution in [1.29, 1.82) is 0 Å². The van der Waals surface area contributed by atoms with Crippen molar-refractivity contribution in [1.82, 2.24) is 5.32 Å². The van der Waals surface area contributed by atoms with Crippen LogP contribution in [-0.4, -0.2) is 33.2 Å². The Morgan fingerprint density at radius 2 is 1.95 bits per heavy atom. The molecule has 0 saturated carbocycles. The van der Waals surface area contributed by atoms with Gasteiger partial charge in [-0.25, -0.2) is 12.8 Å². The van der Waals surface area contributed by atoms with E-state index >= 15 is 0 Å². The Labute approximate surface area is 125 Å². The molecule has 0 aromatic heterocycles. The Morgan fingerprint density at radius 3 is 2.43 bits per heavy atom. The zero-order valence-corrected chi connectivity index (χ0v) is 13.4. The van der Waals surface area contributed by atoms with Crippen molar-refractivity contribution in [2.45, 2.75) is 26.8 Å². The number of carbonyl (C=O) groups excluding carboxylic acids is 1. The van der Waals surface area contributed by atoms with E-state index in [4.69, 9.17) is 0 Å². The Morgan fingerprint density at radius 1 is 1.33 bits per heavy atom. The van der Waals surface area contributed by atoms with E-state index in [9.17, 15) is 17.6 Å². The maximum atomic E-state index is 13.3. The lowest BCUT2D eigenvalue weighted by atomic mass is 10.2. The summed E-state index contributed by atoms with van der Waals surface area (Å²) in [5.74, 6) is -0.726. The minimum absolute atomic E-state index is 0.129. The molecule has 1 rings (SSSR count). The van der Waals surface area contributed by atoms with Crippen LogP contribution >= 0.6 is 0 Å². The molecule has 0 aliphatic rings. The molecule has 1 aromatic rings. The van der Waals surface area contributed by atoms with Crippen molar-refractivity contribution >= 4 is 21.6 Å². The highest BCUT2D eigenvalue weighted by Crippen LogP contribution is 2.21. The Hall–Kier alpha value is -1.63. The topological polar surface area (TPSA) is 66.5 Å². The summed E-state index contributed by atoms with van der Waals surface area (Å²) in [5.41, 5.74) is 0.129. The van der Waals surface area contributed by atoms with Gasteiger partial charge < -0.3 is 5.32 Å². The van der Waals surface area contributed by atoms with Crippen LogP contribution in [0.4, 0.5) is 10.1 Å². The molecule has 0 fully saturated rings. The molecule has 1 N–H and O–H groups in total. The molecule has 0 bridgehead atoms. The minimum atomic E-state index is -3.71. The number of sulfonamides is 1. The first kappa shape index (κ1) is 17.4. The summed E-state index contributed by atoms with van der Waals surface area (Å²) < 4.78 is 38.1. The molecule has 1 amide bonds. The van der Waals surface area contributed by atoms with Crippen LogP contribution < -0.4 is 9.62 Å². The van der Waals surface area contributed by atoms with E-state index in [1.165, 1.54) is 25.1 Å². The summed E-state index contributed by atoms with van der Waals surface area (Å²) in [7, 11) is -3.71. The van der Waals surface area contributed by atoms with Crippen molar-refractivity contribution < 1.29 is 17.6 Å². The van der Waals surface area contributed by atoms with Gasteiger partial charge in [0.05, 0.1) is 11.9 Å². The molecule has 0 saturated heterocycles. The summed E-state index contributed by atoms with van der Waals surface area (Å²) in [6, 6.07) is 4.21. The molecular formula is C14H21FN2O3S. The second-order valence-corrected chi connectivity index (χ2v) is 7.21. The summed E-state index contributed by atoms with van der Waals surface area (Å²) in [4.78, 5) is 12.1. The summed E-state index contributed by atoms with van der Waals surface area (Å²) >= 11 is 0. The maximum Gasteiger partial charge on any atom is 0.243 e. The van der Waals surface area contributed by atoms with Gasteiger partial charge in [-0.3, -0.25) is 9.10 Å². The Bertz CT molecular complexity index is 602. The third-order valence-electron chi connectivity index (χ3n) is 2.84. The molecule has 0 spiro atoms. The summed E-state index contributed by atoms with van der Waals surface area (Å²) in [5, 5.41) is 2.68. The van der Waals surface area contributed by atoms with Crippen LogP contribution in [0, 0.1) is 11.7 Å². The lowest BCUT2D eigenvalue weighted by Gasteiger charge is -2.28. The van der Waals surface area contributed by atoms with Gasteiger partial charge in [-0.2, -0.15) is 0 Å². The highest BCUT2D eigenvalue weighted by molar-refractivity contribution is 7.92. The van der Waals surface area contributed by atoms with Crippen LogP contribution in [0.15, 0.2) is 24.3 Å². The molecule has 1 aromatic carbocycles. The van der Waals surface area contributed by atoms with E-state index in [1.54, 1.807) is 0 Å². The van der Waals surface area contributed by atoms with Crippen molar-refractivity contribution in [2.24, 2.45) is 5.92 Å². The van der Waals surface area contributed by atoms with E-state index in [1.807, 2.05) is 13.8 Å². The number of nitrogens with zero attached hydrogens (tertiary/aromatic N) is 1. The molecule has 0 aliphatic carbocycles. The van der Waals surface area contributed by atoms with Gasteiger partial charge in [-0.15, -0.1) is 0 Å². The Balaban J connectivity index is 3.07. The molecule has 5 nitrogen and oxygen atoms in total. The monoisotopic (exact) mass is 316 g/mol.